The van der Waals surface area contributed by atoms with Crippen molar-refractivity contribution in [2.24, 2.45) is 5.10 Å². The van der Waals surface area contributed by atoms with Gasteiger partial charge in [-0.05, 0) is 61.4 Å². The number of hydrogen-bond donors (Lipinski definition) is 1. The number of nitro groups is 1. The Kier molecular flexibility index (Phi) is 7.95. The van der Waals surface area contributed by atoms with E-state index in [2.05, 4.69) is 10.5 Å². The Balaban J connectivity index is 1.59. The van der Waals surface area contributed by atoms with E-state index in [0.717, 1.165) is 0 Å². The fourth-order valence-corrected chi connectivity index (χ4v) is 2.75. The number of nitro benzene ring substituents is 1. The number of nitrogens with one attached hydrogen (secondary N) is 1. The topological polar surface area (TPSA) is 142 Å². The van der Waals surface area contributed by atoms with Gasteiger partial charge in [-0.2, -0.15) is 5.10 Å². The second-order valence-corrected chi connectivity index (χ2v) is 6.82. The van der Waals surface area contributed by atoms with Crippen molar-refractivity contribution in [3.05, 3.63) is 81.8 Å². The van der Waals surface area contributed by atoms with Crippen LogP contribution in [0, 0.1) is 17.0 Å². The predicted molar refractivity (Wildman–Crippen MR) is 120 cm³/mol. The van der Waals surface area contributed by atoms with Crippen molar-refractivity contribution in [3.63, 3.8) is 0 Å². The Morgan fingerprint density at radius 3 is 2.62 bits per heavy atom. The van der Waals surface area contributed by atoms with Crippen molar-refractivity contribution < 1.29 is 33.1 Å². The molecule has 3 rings (SSSR count). The highest BCUT2D eigenvalue weighted by atomic mass is 16.6. The van der Waals surface area contributed by atoms with Crippen LogP contribution in [0.25, 0.3) is 0 Å². The molecule has 34 heavy (non-hydrogen) atoms. The molecule has 0 saturated carbocycles. The molecule has 0 aliphatic heterocycles. The summed E-state index contributed by atoms with van der Waals surface area (Å²) < 4.78 is 21.1. The van der Waals surface area contributed by atoms with E-state index in [-0.39, 0.29) is 22.9 Å². The summed E-state index contributed by atoms with van der Waals surface area (Å²) in [5.74, 6) is -0.761. The normalized spacial score (nSPS) is 10.6. The zero-order chi connectivity index (χ0) is 24.5. The molecule has 0 unspecified atom stereocenters. The Bertz CT molecular complexity index is 1200. The lowest BCUT2D eigenvalue weighted by molar-refractivity contribution is -0.385. The molecule has 1 N–H and O–H groups in total. The van der Waals surface area contributed by atoms with Gasteiger partial charge in [-0.1, -0.05) is 6.07 Å². The van der Waals surface area contributed by atoms with Crippen molar-refractivity contribution in [1.82, 2.24) is 5.43 Å². The minimum Gasteiger partial charge on any atom is -0.490 e. The second-order valence-electron chi connectivity index (χ2n) is 6.82. The number of carbonyl (C=O) groups excluding carboxylic acids is 2. The fourth-order valence-electron chi connectivity index (χ4n) is 2.75. The Morgan fingerprint density at radius 1 is 1.12 bits per heavy atom. The van der Waals surface area contributed by atoms with Crippen molar-refractivity contribution in [3.8, 4) is 17.2 Å². The molecule has 0 fully saturated rings. The number of hydrogen-bond acceptors (Lipinski definition) is 9. The molecule has 3 aromatic rings. The van der Waals surface area contributed by atoms with Gasteiger partial charge in [0.15, 0.2) is 23.9 Å². The maximum atomic E-state index is 12.1. The molecule has 0 aliphatic rings. The van der Waals surface area contributed by atoms with E-state index in [4.69, 9.17) is 18.6 Å². The van der Waals surface area contributed by atoms with E-state index in [1.165, 1.54) is 36.7 Å². The molecule has 2 aromatic carbocycles. The summed E-state index contributed by atoms with van der Waals surface area (Å²) in [6.07, 6.45) is 2.72. The number of rotatable bonds is 10. The first-order chi connectivity index (χ1) is 16.4. The smallest absolute Gasteiger partial charge is 0.379 e. The van der Waals surface area contributed by atoms with Gasteiger partial charge in [-0.3, -0.25) is 14.9 Å². The van der Waals surface area contributed by atoms with Gasteiger partial charge in [-0.25, -0.2) is 10.2 Å². The van der Waals surface area contributed by atoms with Gasteiger partial charge in [0, 0.05) is 6.07 Å². The molecule has 11 heteroatoms. The Hall–Kier alpha value is -4.67. The highest BCUT2D eigenvalue weighted by Crippen LogP contribution is 2.29. The minimum absolute atomic E-state index is 0.0178. The molecular formula is C23H21N3O8. The van der Waals surface area contributed by atoms with Crippen LogP contribution in [0.4, 0.5) is 5.69 Å². The van der Waals surface area contributed by atoms with E-state index in [9.17, 15) is 19.7 Å². The predicted octanol–water partition coefficient (Wildman–Crippen LogP) is 3.64. The van der Waals surface area contributed by atoms with Crippen LogP contribution in [0.15, 0.2) is 64.3 Å². The van der Waals surface area contributed by atoms with Crippen LogP contribution in [-0.2, 0) is 4.79 Å². The third-order valence-corrected chi connectivity index (χ3v) is 4.27. The van der Waals surface area contributed by atoms with Gasteiger partial charge in [0.2, 0.25) is 5.76 Å². The lowest BCUT2D eigenvalue weighted by Gasteiger charge is -2.10. The quantitative estimate of drug-likeness (QED) is 0.157. The zero-order valence-electron chi connectivity index (χ0n) is 18.3. The van der Waals surface area contributed by atoms with Gasteiger partial charge in [0.1, 0.15) is 0 Å². The molecule has 0 atom stereocenters. The lowest BCUT2D eigenvalue weighted by Crippen LogP contribution is -2.24. The van der Waals surface area contributed by atoms with Gasteiger partial charge >= 0.3 is 11.7 Å². The molecule has 0 radical (unpaired) electrons. The van der Waals surface area contributed by atoms with Crippen LogP contribution in [0.3, 0.4) is 0 Å². The van der Waals surface area contributed by atoms with Crippen LogP contribution in [0.1, 0.15) is 28.6 Å². The summed E-state index contributed by atoms with van der Waals surface area (Å²) in [5.41, 5.74) is 3.29. The Labute approximate surface area is 194 Å². The van der Waals surface area contributed by atoms with E-state index in [0.29, 0.717) is 23.5 Å². The van der Waals surface area contributed by atoms with Crippen molar-refractivity contribution >= 4 is 23.8 Å². The maximum absolute atomic E-state index is 12.1. The highest BCUT2D eigenvalue weighted by molar-refractivity contribution is 5.89. The third-order valence-electron chi connectivity index (χ3n) is 4.27. The number of benzene rings is 2. The van der Waals surface area contributed by atoms with E-state index < -0.39 is 23.4 Å². The van der Waals surface area contributed by atoms with Crippen LogP contribution in [0.2, 0.25) is 0 Å². The Morgan fingerprint density at radius 2 is 1.91 bits per heavy atom. The van der Waals surface area contributed by atoms with Gasteiger partial charge in [0.05, 0.1) is 24.0 Å². The summed E-state index contributed by atoms with van der Waals surface area (Å²) >= 11 is 0. The molecule has 0 bridgehead atoms. The first-order valence-electron chi connectivity index (χ1n) is 10.1. The number of nitrogens with zero attached hydrogens (tertiary/aromatic N) is 2. The monoisotopic (exact) mass is 467 g/mol. The average molecular weight is 467 g/mol. The largest absolute Gasteiger partial charge is 0.490 e. The van der Waals surface area contributed by atoms with E-state index >= 15 is 0 Å². The van der Waals surface area contributed by atoms with Gasteiger partial charge < -0.3 is 18.6 Å². The van der Waals surface area contributed by atoms with Gasteiger partial charge in [0.25, 0.3) is 5.91 Å². The number of hydrazone groups is 1. The number of furan rings is 1. The zero-order valence-corrected chi connectivity index (χ0v) is 18.3. The average Bonchev–Trinajstić information content (AvgIpc) is 3.35. The highest BCUT2D eigenvalue weighted by Gasteiger charge is 2.17. The van der Waals surface area contributed by atoms with Crippen LogP contribution >= 0.6 is 0 Å². The molecule has 176 valence electrons. The maximum Gasteiger partial charge on any atom is 0.379 e. The first kappa shape index (κ1) is 24.0. The lowest BCUT2D eigenvalue weighted by atomic mass is 10.2. The van der Waals surface area contributed by atoms with Crippen LogP contribution < -0.4 is 19.6 Å². The summed E-state index contributed by atoms with van der Waals surface area (Å²) in [5, 5.41) is 15.0. The number of aryl methyl sites for hydroxylation is 1. The molecule has 1 aromatic heterocycles. The van der Waals surface area contributed by atoms with E-state index in [1.807, 2.05) is 0 Å². The van der Waals surface area contributed by atoms with E-state index in [1.54, 1.807) is 38.1 Å². The fraction of sp³-hybridized carbons (Fsp3) is 0.174. The second kappa shape index (κ2) is 11.3. The molecular weight excluding hydrogens is 446 g/mol. The standard InChI is InChI=1S/C23H21N3O8/c1-3-31-21-12-16(7-9-19(21)34-23(28)20-5-4-10-32-20)13-24-25-22(27)14-33-18-8-6-15(2)11-17(18)26(29)30/h4-13H,3,14H2,1-2H3,(H,25,27)/b24-13-. The molecule has 0 saturated heterocycles. The molecule has 11 nitrogen and oxygen atoms in total. The summed E-state index contributed by atoms with van der Waals surface area (Å²) in [4.78, 5) is 34.7. The number of esters is 1. The summed E-state index contributed by atoms with van der Waals surface area (Å²) in [6, 6.07) is 12.2. The van der Waals surface area contributed by atoms with Crippen molar-refractivity contribution in [2.75, 3.05) is 13.2 Å². The SMILES string of the molecule is CCOc1cc(/C=N\NC(=O)COc2ccc(C)cc2[N+](=O)[O-])ccc1OC(=O)c1ccco1. The summed E-state index contributed by atoms with van der Waals surface area (Å²) in [7, 11) is 0. The van der Waals surface area contributed by atoms with Crippen molar-refractivity contribution in [2.45, 2.75) is 13.8 Å². The molecule has 0 spiro atoms. The summed E-state index contributed by atoms with van der Waals surface area (Å²) in [6.45, 7) is 3.35. The van der Waals surface area contributed by atoms with Gasteiger partial charge in [-0.15, -0.1) is 0 Å². The number of ether oxygens (including phenoxy) is 3. The third kappa shape index (κ3) is 6.42. The minimum atomic E-state index is -0.673. The number of carbonyl (C=O) groups is 2. The molecule has 1 amide bonds. The molecule has 0 aliphatic carbocycles. The molecule has 1 heterocycles. The first-order valence-corrected chi connectivity index (χ1v) is 10.1. The number of amides is 1. The van der Waals surface area contributed by atoms with Crippen LogP contribution in [-0.4, -0.2) is 36.2 Å². The van der Waals surface area contributed by atoms with Crippen LogP contribution in [0.5, 0.6) is 17.2 Å². The van der Waals surface area contributed by atoms with Crippen molar-refractivity contribution in [1.29, 1.82) is 0 Å².